The molecule has 41 heavy (non-hydrogen) atoms. The monoisotopic (exact) mass is 569 g/mol. The van der Waals surface area contributed by atoms with Gasteiger partial charge in [-0.3, -0.25) is 14.2 Å². The van der Waals surface area contributed by atoms with E-state index in [0.717, 1.165) is 5.56 Å². The van der Waals surface area contributed by atoms with Gasteiger partial charge in [0.05, 0.1) is 28.5 Å². The summed E-state index contributed by atoms with van der Waals surface area (Å²) in [6, 6.07) is 22.6. The van der Waals surface area contributed by atoms with Crippen LogP contribution in [0.4, 0.5) is 5.69 Å². The molecule has 1 amide bonds. The summed E-state index contributed by atoms with van der Waals surface area (Å²) in [6.45, 7) is 3.71. The number of fused-ring (bicyclic) bond motifs is 1. The number of hydrogen-bond acceptors (Lipinski definition) is 7. The molecule has 2 heterocycles. The topological polar surface area (TPSA) is 119 Å². The van der Waals surface area contributed by atoms with E-state index in [9.17, 15) is 14.4 Å². The molecule has 0 fully saturated rings. The Balaban J connectivity index is 1.60. The predicted molar refractivity (Wildman–Crippen MR) is 156 cm³/mol. The Hall–Kier alpha value is -4.96. The summed E-state index contributed by atoms with van der Waals surface area (Å²) in [5.74, 6) is -0.379. The van der Waals surface area contributed by atoms with Crippen LogP contribution in [0.3, 0.4) is 0 Å². The number of allylic oxidation sites excluding steroid dienone is 1. The second-order valence-corrected chi connectivity index (χ2v) is 10.2. The zero-order valence-electron chi connectivity index (χ0n) is 22.4. The SMILES string of the molecule is CCOc1ccc([C@H]2C(C(=O)Nc3ccccc3)=C(C)N=c3sc(=Cc4cccc(OCC(=O)O)c4)c(=O)n32)cc1. The fourth-order valence-corrected chi connectivity index (χ4v) is 5.60. The fraction of sp³-hybridized carbons (Fsp3) is 0.161. The number of anilines is 1. The maximum atomic E-state index is 13.9. The third-order valence-corrected chi connectivity index (χ3v) is 7.31. The van der Waals surface area contributed by atoms with E-state index in [0.29, 0.717) is 50.0 Å². The number of amides is 1. The Kier molecular flexibility index (Phi) is 8.11. The molecule has 0 unspecified atom stereocenters. The van der Waals surface area contributed by atoms with Crippen molar-refractivity contribution in [1.29, 1.82) is 0 Å². The molecular formula is C31H27N3O6S. The molecule has 0 bridgehead atoms. The van der Waals surface area contributed by atoms with E-state index >= 15 is 0 Å². The summed E-state index contributed by atoms with van der Waals surface area (Å²) in [6.07, 6.45) is 1.70. The van der Waals surface area contributed by atoms with Crippen LogP contribution >= 0.6 is 11.3 Å². The molecule has 1 aliphatic rings. The molecule has 0 saturated heterocycles. The number of aromatic nitrogens is 1. The van der Waals surface area contributed by atoms with Crippen molar-refractivity contribution in [3.63, 3.8) is 0 Å². The predicted octanol–water partition coefficient (Wildman–Crippen LogP) is 3.74. The van der Waals surface area contributed by atoms with Gasteiger partial charge < -0.3 is 19.9 Å². The molecule has 0 saturated carbocycles. The highest BCUT2D eigenvalue weighted by molar-refractivity contribution is 7.07. The van der Waals surface area contributed by atoms with Gasteiger partial charge in [-0.05, 0) is 67.4 Å². The summed E-state index contributed by atoms with van der Waals surface area (Å²) < 4.78 is 12.8. The Morgan fingerprint density at radius 1 is 1.02 bits per heavy atom. The van der Waals surface area contributed by atoms with Gasteiger partial charge in [0.1, 0.15) is 11.5 Å². The molecular weight excluding hydrogens is 542 g/mol. The lowest BCUT2D eigenvalue weighted by atomic mass is 9.95. The molecule has 10 heteroatoms. The molecule has 2 N–H and O–H groups in total. The first kappa shape index (κ1) is 27.6. The summed E-state index contributed by atoms with van der Waals surface area (Å²) in [7, 11) is 0. The first-order valence-electron chi connectivity index (χ1n) is 12.9. The molecule has 3 aromatic carbocycles. The molecule has 208 valence electrons. The summed E-state index contributed by atoms with van der Waals surface area (Å²) in [5.41, 5.74) is 2.59. The number of para-hydroxylation sites is 1. The zero-order valence-corrected chi connectivity index (χ0v) is 23.2. The maximum Gasteiger partial charge on any atom is 0.341 e. The van der Waals surface area contributed by atoms with E-state index in [2.05, 4.69) is 10.3 Å². The normalized spacial score (nSPS) is 14.7. The average molecular weight is 570 g/mol. The minimum Gasteiger partial charge on any atom is -0.494 e. The molecule has 0 radical (unpaired) electrons. The van der Waals surface area contributed by atoms with Crippen LogP contribution in [0, 0.1) is 0 Å². The van der Waals surface area contributed by atoms with Crippen LogP contribution in [-0.2, 0) is 9.59 Å². The summed E-state index contributed by atoms with van der Waals surface area (Å²) in [5, 5.41) is 11.8. The van der Waals surface area contributed by atoms with E-state index in [4.69, 9.17) is 14.6 Å². The number of hydrogen-bond donors (Lipinski definition) is 2. The maximum absolute atomic E-state index is 13.9. The Labute approximate surface area is 239 Å². The molecule has 0 aliphatic carbocycles. The van der Waals surface area contributed by atoms with Gasteiger partial charge in [-0.25, -0.2) is 9.79 Å². The molecule has 1 atom stereocenters. The first-order valence-corrected chi connectivity index (χ1v) is 13.7. The highest BCUT2D eigenvalue weighted by Crippen LogP contribution is 2.31. The number of rotatable bonds is 9. The third kappa shape index (κ3) is 6.12. The lowest BCUT2D eigenvalue weighted by Crippen LogP contribution is -2.40. The minimum absolute atomic E-state index is 0.304. The van der Waals surface area contributed by atoms with Crippen molar-refractivity contribution in [2.45, 2.75) is 19.9 Å². The van der Waals surface area contributed by atoms with E-state index in [1.54, 1.807) is 54.0 Å². The van der Waals surface area contributed by atoms with E-state index < -0.39 is 18.6 Å². The van der Waals surface area contributed by atoms with Crippen molar-refractivity contribution in [3.8, 4) is 11.5 Å². The van der Waals surface area contributed by atoms with Crippen LogP contribution in [0.2, 0.25) is 0 Å². The van der Waals surface area contributed by atoms with Crippen LogP contribution in [-0.4, -0.2) is 34.8 Å². The number of benzene rings is 3. The van der Waals surface area contributed by atoms with Gasteiger partial charge in [-0.2, -0.15) is 0 Å². The van der Waals surface area contributed by atoms with Gasteiger partial charge in [0, 0.05) is 5.69 Å². The van der Waals surface area contributed by atoms with Crippen molar-refractivity contribution < 1.29 is 24.2 Å². The molecule has 5 rings (SSSR count). The van der Waals surface area contributed by atoms with E-state index in [-0.39, 0.29) is 11.5 Å². The largest absolute Gasteiger partial charge is 0.494 e. The number of carboxylic acid groups (broad SMARTS) is 1. The van der Waals surface area contributed by atoms with Crippen LogP contribution < -0.4 is 29.7 Å². The molecule has 9 nitrogen and oxygen atoms in total. The van der Waals surface area contributed by atoms with Gasteiger partial charge in [0.15, 0.2) is 11.4 Å². The number of nitrogens with one attached hydrogen (secondary N) is 1. The number of carbonyl (C=O) groups excluding carboxylic acids is 1. The van der Waals surface area contributed by atoms with Crippen LogP contribution in [0.25, 0.3) is 6.08 Å². The van der Waals surface area contributed by atoms with Crippen molar-refractivity contribution >= 4 is 35.0 Å². The molecule has 0 spiro atoms. The Morgan fingerprint density at radius 2 is 1.78 bits per heavy atom. The van der Waals surface area contributed by atoms with Crippen molar-refractivity contribution in [2.24, 2.45) is 4.99 Å². The standard InChI is InChI=1S/C31H27N3O6S/c1-3-39-23-14-12-21(13-15-23)28-27(29(37)33-22-9-5-4-6-10-22)19(2)32-31-34(28)30(38)25(41-31)17-20-8-7-11-24(16-20)40-18-26(35)36/h4-17,28H,3,18H2,1-2H3,(H,33,37)(H,35,36)/t28-/m0/s1. The number of carbonyl (C=O) groups is 2. The molecule has 1 aliphatic heterocycles. The van der Waals surface area contributed by atoms with Gasteiger partial charge >= 0.3 is 5.97 Å². The van der Waals surface area contributed by atoms with Crippen LogP contribution in [0.5, 0.6) is 11.5 Å². The summed E-state index contributed by atoms with van der Waals surface area (Å²) in [4.78, 5) is 43.6. The Bertz CT molecular complexity index is 1810. The van der Waals surface area contributed by atoms with E-state index in [1.165, 1.54) is 11.3 Å². The minimum atomic E-state index is -1.08. The Morgan fingerprint density at radius 3 is 2.49 bits per heavy atom. The smallest absolute Gasteiger partial charge is 0.341 e. The zero-order chi connectivity index (χ0) is 28.9. The fourth-order valence-electron chi connectivity index (χ4n) is 4.55. The molecule has 1 aromatic heterocycles. The van der Waals surface area contributed by atoms with Crippen molar-refractivity contribution in [2.75, 3.05) is 18.5 Å². The van der Waals surface area contributed by atoms with Gasteiger partial charge in [-0.1, -0.05) is 53.8 Å². The first-order chi connectivity index (χ1) is 19.8. The molecule has 4 aromatic rings. The van der Waals surface area contributed by atoms with Gasteiger partial charge in [0.2, 0.25) is 0 Å². The highest BCUT2D eigenvalue weighted by Gasteiger charge is 2.32. The lowest BCUT2D eigenvalue weighted by Gasteiger charge is -2.25. The van der Waals surface area contributed by atoms with Crippen LogP contribution in [0.15, 0.2) is 99.9 Å². The quantitative estimate of drug-likeness (QED) is 0.317. The number of thiazole rings is 1. The number of ether oxygens (including phenoxy) is 2. The van der Waals surface area contributed by atoms with E-state index in [1.807, 2.05) is 49.4 Å². The third-order valence-electron chi connectivity index (χ3n) is 6.32. The number of carboxylic acids is 1. The van der Waals surface area contributed by atoms with Crippen molar-refractivity contribution in [1.82, 2.24) is 4.57 Å². The van der Waals surface area contributed by atoms with Crippen LogP contribution in [0.1, 0.15) is 31.0 Å². The number of nitrogens with zero attached hydrogens (tertiary/aromatic N) is 2. The van der Waals surface area contributed by atoms with Gasteiger partial charge in [-0.15, -0.1) is 0 Å². The lowest BCUT2D eigenvalue weighted by molar-refractivity contribution is -0.139. The highest BCUT2D eigenvalue weighted by atomic mass is 32.1. The summed E-state index contributed by atoms with van der Waals surface area (Å²) >= 11 is 1.21. The second kappa shape index (κ2) is 12.1. The second-order valence-electron chi connectivity index (χ2n) is 9.16. The average Bonchev–Trinajstić information content (AvgIpc) is 3.26. The van der Waals surface area contributed by atoms with Gasteiger partial charge in [0.25, 0.3) is 11.5 Å². The van der Waals surface area contributed by atoms with Crippen molar-refractivity contribution in [3.05, 3.63) is 121 Å². The number of aliphatic carboxylic acids is 1.